The molecule has 1 aromatic carbocycles. The number of benzene rings is 1. The minimum absolute atomic E-state index is 0. The Balaban J connectivity index is 0.000000845. The molecule has 0 unspecified atom stereocenters. The highest BCUT2D eigenvalue weighted by molar-refractivity contribution is 6.17. The van der Waals surface area contributed by atoms with Crippen molar-refractivity contribution < 1.29 is 0 Å². The van der Waals surface area contributed by atoms with Gasteiger partial charge in [0, 0.05) is 18.3 Å². The molecular formula is C9H10Cl2N2. The summed E-state index contributed by atoms with van der Waals surface area (Å²) in [7, 11) is 1.93. The second-order valence-corrected chi connectivity index (χ2v) is 3.02. The van der Waals surface area contributed by atoms with E-state index < -0.39 is 0 Å². The van der Waals surface area contributed by atoms with E-state index in [0.717, 1.165) is 16.5 Å². The highest BCUT2D eigenvalue weighted by Crippen LogP contribution is 2.18. The second kappa shape index (κ2) is 3.99. The molecule has 70 valence electrons. The summed E-state index contributed by atoms with van der Waals surface area (Å²) in [5, 5.41) is 5.31. The lowest BCUT2D eigenvalue weighted by molar-refractivity contribution is 0.794. The van der Waals surface area contributed by atoms with Gasteiger partial charge in [0.15, 0.2) is 0 Å². The zero-order valence-electron chi connectivity index (χ0n) is 7.20. The summed E-state index contributed by atoms with van der Waals surface area (Å²) >= 11 is 5.79. The number of para-hydroxylation sites is 1. The van der Waals surface area contributed by atoms with Gasteiger partial charge < -0.3 is 0 Å². The summed E-state index contributed by atoms with van der Waals surface area (Å²) in [5.41, 5.74) is 2.27. The van der Waals surface area contributed by atoms with Crippen LogP contribution in [0.25, 0.3) is 10.9 Å². The minimum atomic E-state index is 0. The largest absolute Gasteiger partial charge is 0.268 e. The van der Waals surface area contributed by atoms with Gasteiger partial charge in [-0.15, -0.1) is 24.0 Å². The molecule has 2 rings (SSSR count). The fourth-order valence-corrected chi connectivity index (χ4v) is 1.64. The molecule has 4 heteroatoms. The quantitative estimate of drug-likeness (QED) is 0.671. The van der Waals surface area contributed by atoms with E-state index in [1.54, 1.807) is 0 Å². The molecule has 13 heavy (non-hydrogen) atoms. The number of fused-ring (bicyclic) bond motifs is 1. The molecule has 2 aromatic rings. The van der Waals surface area contributed by atoms with Gasteiger partial charge in [0.25, 0.3) is 0 Å². The van der Waals surface area contributed by atoms with Crippen molar-refractivity contribution >= 4 is 34.9 Å². The van der Waals surface area contributed by atoms with Crippen LogP contribution in [0.1, 0.15) is 5.56 Å². The van der Waals surface area contributed by atoms with Crippen molar-refractivity contribution in [3.8, 4) is 0 Å². The third kappa shape index (κ3) is 1.64. The number of nitrogens with zero attached hydrogens (tertiary/aromatic N) is 2. The number of hydrogen-bond donors (Lipinski definition) is 0. The van der Waals surface area contributed by atoms with Crippen molar-refractivity contribution in [3.05, 3.63) is 30.0 Å². The third-order valence-corrected chi connectivity index (χ3v) is 2.28. The van der Waals surface area contributed by atoms with E-state index in [4.69, 9.17) is 11.6 Å². The molecule has 0 spiro atoms. The summed E-state index contributed by atoms with van der Waals surface area (Å²) in [4.78, 5) is 0. The highest BCUT2D eigenvalue weighted by Gasteiger charge is 2.02. The van der Waals surface area contributed by atoms with E-state index in [1.807, 2.05) is 36.1 Å². The van der Waals surface area contributed by atoms with Crippen LogP contribution in [0.5, 0.6) is 0 Å². The fourth-order valence-electron chi connectivity index (χ4n) is 1.42. The molecule has 1 heterocycles. The van der Waals surface area contributed by atoms with Crippen LogP contribution < -0.4 is 0 Å². The second-order valence-electron chi connectivity index (χ2n) is 2.76. The van der Waals surface area contributed by atoms with Crippen molar-refractivity contribution in [2.75, 3.05) is 0 Å². The van der Waals surface area contributed by atoms with E-state index in [0.29, 0.717) is 5.88 Å². The van der Waals surface area contributed by atoms with Gasteiger partial charge in [-0.2, -0.15) is 5.10 Å². The maximum atomic E-state index is 5.79. The smallest absolute Gasteiger partial charge is 0.0723 e. The Bertz CT molecular complexity index is 409. The first-order valence-electron chi connectivity index (χ1n) is 3.78. The number of rotatable bonds is 1. The van der Waals surface area contributed by atoms with Crippen molar-refractivity contribution in [3.63, 3.8) is 0 Å². The van der Waals surface area contributed by atoms with Crippen LogP contribution in [0.4, 0.5) is 0 Å². The molecular weight excluding hydrogens is 207 g/mol. The highest BCUT2D eigenvalue weighted by atomic mass is 35.5. The van der Waals surface area contributed by atoms with Gasteiger partial charge in [-0.3, -0.25) is 4.68 Å². The average molecular weight is 217 g/mol. The maximum Gasteiger partial charge on any atom is 0.0723 e. The molecule has 0 atom stereocenters. The Kier molecular flexibility index (Phi) is 3.17. The predicted molar refractivity (Wildman–Crippen MR) is 57.5 cm³/mol. The Labute approximate surface area is 87.9 Å². The number of halogens is 2. The van der Waals surface area contributed by atoms with Crippen molar-refractivity contribution in [2.45, 2.75) is 5.88 Å². The summed E-state index contributed by atoms with van der Waals surface area (Å²) in [6.45, 7) is 0. The van der Waals surface area contributed by atoms with Crippen molar-refractivity contribution in [1.29, 1.82) is 0 Å². The standard InChI is InChI=1S/C9H9ClN2.ClH/c1-12-9-7(5-10)3-2-4-8(9)6-11-12;/h2-4,6H,5H2,1H3;1H. The first-order valence-corrected chi connectivity index (χ1v) is 4.32. The maximum absolute atomic E-state index is 5.79. The van der Waals surface area contributed by atoms with E-state index in [-0.39, 0.29) is 12.4 Å². The molecule has 0 amide bonds. The number of aromatic nitrogens is 2. The lowest BCUT2D eigenvalue weighted by atomic mass is 10.2. The average Bonchev–Trinajstić information content (AvgIpc) is 2.48. The lowest BCUT2D eigenvalue weighted by Crippen LogP contribution is -1.92. The summed E-state index contributed by atoms with van der Waals surface area (Å²) in [6, 6.07) is 6.07. The Morgan fingerprint density at radius 2 is 2.23 bits per heavy atom. The van der Waals surface area contributed by atoms with Crippen LogP contribution in [0.3, 0.4) is 0 Å². The van der Waals surface area contributed by atoms with Gasteiger partial charge in [0.2, 0.25) is 0 Å². The molecule has 0 aliphatic carbocycles. The van der Waals surface area contributed by atoms with Gasteiger partial charge in [-0.1, -0.05) is 18.2 Å². The Hall–Kier alpha value is -0.730. The third-order valence-electron chi connectivity index (χ3n) is 1.99. The monoisotopic (exact) mass is 216 g/mol. The van der Waals surface area contributed by atoms with Crippen molar-refractivity contribution in [2.24, 2.45) is 7.05 Å². The molecule has 0 saturated carbocycles. The zero-order chi connectivity index (χ0) is 8.55. The van der Waals surface area contributed by atoms with E-state index in [2.05, 4.69) is 5.10 Å². The Morgan fingerprint density at radius 1 is 1.46 bits per heavy atom. The lowest BCUT2D eigenvalue weighted by Gasteiger charge is -1.99. The van der Waals surface area contributed by atoms with Crippen LogP contribution in [0.15, 0.2) is 24.4 Å². The molecule has 0 aliphatic heterocycles. The van der Waals surface area contributed by atoms with Gasteiger partial charge in [-0.05, 0) is 5.56 Å². The Morgan fingerprint density at radius 3 is 2.92 bits per heavy atom. The van der Waals surface area contributed by atoms with Gasteiger partial charge in [-0.25, -0.2) is 0 Å². The molecule has 0 radical (unpaired) electrons. The summed E-state index contributed by atoms with van der Waals surface area (Å²) in [5.74, 6) is 0.539. The first-order chi connectivity index (χ1) is 5.83. The summed E-state index contributed by atoms with van der Waals surface area (Å²) < 4.78 is 1.85. The first kappa shape index (κ1) is 10.4. The van der Waals surface area contributed by atoms with E-state index in [1.165, 1.54) is 0 Å². The molecule has 0 fully saturated rings. The van der Waals surface area contributed by atoms with Crippen LogP contribution in [0, 0.1) is 0 Å². The van der Waals surface area contributed by atoms with Crippen LogP contribution >= 0.6 is 24.0 Å². The van der Waals surface area contributed by atoms with Gasteiger partial charge >= 0.3 is 0 Å². The molecule has 0 saturated heterocycles. The topological polar surface area (TPSA) is 17.8 Å². The molecule has 0 aliphatic rings. The number of alkyl halides is 1. The molecule has 0 bridgehead atoms. The van der Waals surface area contributed by atoms with E-state index >= 15 is 0 Å². The van der Waals surface area contributed by atoms with Crippen molar-refractivity contribution in [1.82, 2.24) is 9.78 Å². The number of hydrogen-bond acceptors (Lipinski definition) is 1. The van der Waals surface area contributed by atoms with Crippen LogP contribution in [0.2, 0.25) is 0 Å². The molecule has 1 aromatic heterocycles. The normalized spacial score (nSPS) is 10.0. The molecule has 2 nitrogen and oxygen atoms in total. The minimum Gasteiger partial charge on any atom is -0.268 e. The molecule has 0 N–H and O–H groups in total. The SMILES string of the molecule is Cl.Cn1ncc2cccc(CCl)c21. The summed E-state index contributed by atoms with van der Waals surface area (Å²) in [6.07, 6.45) is 1.85. The van der Waals surface area contributed by atoms with Crippen LogP contribution in [-0.2, 0) is 12.9 Å². The number of aryl methyl sites for hydroxylation is 1. The van der Waals surface area contributed by atoms with Gasteiger partial charge in [0.1, 0.15) is 0 Å². The zero-order valence-corrected chi connectivity index (χ0v) is 8.77. The predicted octanol–water partition coefficient (Wildman–Crippen LogP) is 2.73. The van der Waals surface area contributed by atoms with Gasteiger partial charge in [0.05, 0.1) is 11.7 Å². The van der Waals surface area contributed by atoms with E-state index in [9.17, 15) is 0 Å². The van der Waals surface area contributed by atoms with Crippen LogP contribution in [-0.4, -0.2) is 9.78 Å². The fraction of sp³-hybridized carbons (Fsp3) is 0.222.